The van der Waals surface area contributed by atoms with Crippen LogP contribution in [0, 0.1) is 19.8 Å². The molecule has 1 aromatic rings. The van der Waals surface area contributed by atoms with Gasteiger partial charge in [0.2, 0.25) is 0 Å². The number of aryl methyl sites for hydroxylation is 2. The molecule has 3 N–H and O–H groups in total. The van der Waals surface area contributed by atoms with Crippen molar-refractivity contribution in [3.63, 3.8) is 0 Å². The van der Waals surface area contributed by atoms with Gasteiger partial charge < -0.3 is 0 Å². The Kier molecular flexibility index (Phi) is 4.50. The van der Waals surface area contributed by atoms with Crippen molar-refractivity contribution in [3.05, 3.63) is 17.0 Å². The van der Waals surface area contributed by atoms with Gasteiger partial charge in [0.1, 0.15) is 0 Å². The summed E-state index contributed by atoms with van der Waals surface area (Å²) >= 11 is 0. The van der Waals surface area contributed by atoms with Gasteiger partial charge in [-0.25, -0.2) is 0 Å². The normalized spacial score (nSPS) is 15.1. The summed E-state index contributed by atoms with van der Waals surface area (Å²) in [4.78, 5) is 0. The van der Waals surface area contributed by atoms with E-state index in [-0.39, 0.29) is 0 Å². The van der Waals surface area contributed by atoms with Crippen LogP contribution in [-0.4, -0.2) is 15.8 Å². The second-order valence-corrected chi connectivity index (χ2v) is 4.64. The summed E-state index contributed by atoms with van der Waals surface area (Å²) in [7, 11) is 1.99. The van der Waals surface area contributed by atoms with Crippen molar-refractivity contribution in [2.75, 3.05) is 0 Å². The highest BCUT2D eigenvalue weighted by atomic mass is 15.3. The Bertz CT molecular complexity index is 343. The van der Waals surface area contributed by atoms with E-state index in [4.69, 9.17) is 5.84 Å². The molecule has 0 saturated heterocycles. The van der Waals surface area contributed by atoms with Crippen molar-refractivity contribution in [2.45, 2.75) is 46.6 Å². The number of nitrogens with two attached hydrogens (primary N) is 1. The third-order valence-corrected chi connectivity index (χ3v) is 3.63. The molecule has 0 fully saturated rings. The van der Waals surface area contributed by atoms with Gasteiger partial charge in [0.25, 0.3) is 0 Å². The molecule has 0 radical (unpaired) electrons. The van der Waals surface area contributed by atoms with Gasteiger partial charge in [-0.05, 0) is 31.7 Å². The highest BCUT2D eigenvalue weighted by Crippen LogP contribution is 2.18. The maximum Gasteiger partial charge on any atom is 0.0628 e. The molecule has 0 aromatic carbocycles. The lowest BCUT2D eigenvalue weighted by Crippen LogP contribution is -2.41. The second-order valence-electron chi connectivity index (χ2n) is 4.64. The Morgan fingerprint density at radius 2 is 2.06 bits per heavy atom. The zero-order valence-corrected chi connectivity index (χ0v) is 11.0. The van der Waals surface area contributed by atoms with E-state index in [0.717, 1.165) is 18.5 Å². The summed E-state index contributed by atoms with van der Waals surface area (Å²) in [5.74, 6) is 6.20. The minimum atomic E-state index is 0.326. The van der Waals surface area contributed by atoms with Gasteiger partial charge in [0, 0.05) is 18.8 Å². The summed E-state index contributed by atoms with van der Waals surface area (Å²) < 4.78 is 1.94. The first kappa shape index (κ1) is 13.2. The highest BCUT2D eigenvalue weighted by molar-refractivity contribution is 5.25. The van der Waals surface area contributed by atoms with Crippen molar-refractivity contribution >= 4 is 0 Å². The predicted molar refractivity (Wildman–Crippen MR) is 67.0 cm³/mol. The van der Waals surface area contributed by atoms with Crippen molar-refractivity contribution in [1.29, 1.82) is 0 Å². The Labute approximate surface area is 98.2 Å². The van der Waals surface area contributed by atoms with Crippen LogP contribution in [0.4, 0.5) is 0 Å². The fourth-order valence-corrected chi connectivity index (χ4v) is 2.04. The first-order valence-corrected chi connectivity index (χ1v) is 5.96. The molecule has 92 valence electrons. The van der Waals surface area contributed by atoms with Gasteiger partial charge in [-0.3, -0.25) is 16.0 Å². The lowest BCUT2D eigenvalue weighted by molar-refractivity contribution is 0.369. The van der Waals surface area contributed by atoms with E-state index in [9.17, 15) is 0 Å². The third-order valence-electron chi connectivity index (χ3n) is 3.63. The van der Waals surface area contributed by atoms with Gasteiger partial charge >= 0.3 is 0 Å². The molecule has 2 unspecified atom stereocenters. The van der Waals surface area contributed by atoms with Crippen LogP contribution in [0.3, 0.4) is 0 Å². The van der Waals surface area contributed by atoms with Crippen LogP contribution in [0.15, 0.2) is 0 Å². The average molecular weight is 224 g/mol. The molecule has 0 aliphatic rings. The summed E-state index contributed by atoms with van der Waals surface area (Å²) in [6.07, 6.45) is 2.09. The molecule has 4 heteroatoms. The average Bonchev–Trinajstić information content (AvgIpc) is 2.50. The number of hydrogen-bond acceptors (Lipinski definition) is 3. The number of nitrogens with one attached hydrogen (secondary N) is 1. The third kappa shape index (κ3) is 2.62. The lowest BCUT2D eigenvalue weighted by atomic mass is 9.93. The minimum absolute atomic E-state index is 0.326. The molecule has 0 aliphatic heterocycles. The van der Waals surface area contributed by atoms with Crippen molar-refractivity contribution in [3.8, 4) is 0 Å². The quantitative estimate of drug-likeness (QED) is 0.588. The molecule has 16 heavy (non-hydrogen) atoms. The standard InChI is InChI=1S/C12H24N4/c1-6-8(2)12(14-13)7-11-9(3)15-16(5)10(11)4/h8,12,14H,6-7,13H2,1-5H3. The van der Waals surface area contributed by atoms with Gasteiger partial charge in [-0.15, -0.1) is 0 Å². The van der Waals surface area contributed by atoms with Gasteiger partial charge in [0.05, 0.1) is 5.69 Å². The molecule has 1 heterocycles. The van der Waals surface area contributed by atoms with Gasteiger partial charge in [0.15, 0.2) is 0 Å². The monoisotopic (exact) mass is 224 g/mol. The van der Waals surface area contributed by atoms with Crippen LogP contribution >= 0.6 is 0 Å². The largest absolute Gasteiger partial charge is 0.272 e. The van der Waals surface area contributed by atoms with Crippen LogP contribution < -0.4 is 11.3 Å². The minimum Gasteiger partial charge on any atom is -0.272 e. The predicted octanol–water partition coefficient (Wildman–Crippen LogP) is 1.46. The molecule has 0 amide bonds. The number of hydrogen-bond donors (Lipinski definition) is 2. The molecule has 0 saturated carbocycles. The number of nitrogens with zero attached hydrogens (tertiary/aromatic N) is 2. The topological polar surface area (TPSA) is 55.9 Å². The second kappa shape index (κ2) is 5.46. The van der Waals surface area contributed by atoms with E-state index in [1.807, 2.05) is 11.7 Å². The molecule has 2 atom stereocenters. The Hall–Kier alpha value is -0.870. The van der Waals surface area contributed by atoms with Crippen LogP contribution in [0.1, 0.15) is 37.2 Å². The summed E-state index contributed by atoms with van der Waals surface area (Å²) in [6.45, 7) is 8.59. The fourth-order valence-electron chi connectivity index (χ4n) is 2.04. The highest BCUT2D eigenvalue weighted by Gasteiger charge is 2.19. The van der Waals surface area contributed by atoms with E-state index >= 15 is 0 Å². The Morgan fingerprint density at radius 1 is 1.44 bits per heavy atom. The Morgan fingerprint density at radius 3 is 2.44 bits per heavy atom. The summed E-state index contributed by atoms with van der Waals surface area (Å²) in [6, 6.07) is 0.326. The van der Waals surface area contributed by atoms with Crippen LogP contribution in [-0.2, 0) is 13.5 Å². The van der Waals surface area contributed by atoms with E-state index < -0.39 is 0 Å². The van der Waals surface area contributed by atoms with E-state index in [1.54, 1.807) is 0 Å². The maximum atomic E-state index is 5.63. The molecular weight excluding hydrogens is 200 g/mol. The lowest BCUT2D eigenvalue weighted by Gasteiger charge is -2.22. The zero-order valence-electron chi connectivity index (χ0n) is 11.0. The van der Waals surface area contributed by atoms with Crippen LogP contribution in [0.5, 0.6) is 0 Å². The van der Waals surface area contributed by atoms with Crippen molar-refractivity contribution in [1.82, 2.24) is 15.2 Å². The van der Waals surface area contributed by atoms with Crippen LogP contribution in [0.2, 0.25) is 0 Å². The zero-order chi connectivity index (χ0) is 12.3. The SMILES string of the molecule is CCC(C)C(Cc1c(C)nn(C)c1C)NN. The molecular formula is C12H24N4. The molecule has 0 aliphatic carbocycles. The molecule has 4 nitrogen and oxygen atoms in total. The number of aromatic nitrogens is 2. The van der Waals surface area contributed by atoms with Gasteiger partial charge in [-0.1, -0.05) is 20.3 Å². The maximum absolute atomic E-state index is 5.63. The Balaban J connectivity index is 2.85. The summed E-state index contributed by atoms with van der Waals surface area (Å²) in [5, 5.41) is 4.43. The number of hydrazine groups is 1. The van der Waals surface area contributed by atoms with E-state index in [0.29, 0.717) is 12.0 Å². The van der Waals surface area contributed by atoms with Crippen molar-refractivity contribution < 1.29 is 0 Å². The van der Waals surface area contributed by atoms with E-state index in [2.05, 4.69) is 38.2 Å². The van der Waals surface area contributed by atoms with Crippen LogP contribution in [0.25, 0.3) is 0 Å². The first-order chi connectivity index (χ1) is 7.51. The first-order valence-electron chi connectivity index (χ1n) is 5.96. The number of rotatable bonds is 5. The molecule has 0 bridgehead atoms. The smallest absolute Gasteiger partial charge is 0.0628 e. The fraction of sp³-hybridized carbons (Fsp3) is 0.750. The summed E-state index contributed by atoms with van der Waals surface area (Å²) in [5.41, 5.74) is 6.60. The van der Waals surface area contributed by atoms with Crippen molar-refractivity contribution in [2.24, 2.45) is 18.8 Å². The molecule has 1 rings (SSSR count). The van der Waals surface area contributed by atoms with E-state index in [1.165, 1.54) is 11.3 Å². The van der Waals surface area contributed by atoms with Gasteiger partial charge in [-0.2, -0.15) is 5.10 Å². The molecule has 1 aromatic heterocycles. The molecule has 0 spiro atoms.